The first kappa shape index (κ1) is 41.1. The number of imidazole rings is 2. The number of piperidine rings is 1. The molecule has 63 heavy (non-hydrogen) atoms. The monoisotopic (exact) mass is 855 g/mol. The molecule has 7 heterocycles. The van der Waals surface area contributed by atoms with Crippen molar-refractivity contribution < 1.29 is 28.7 Å². The molecule has 0 aliphatic carbocycles. The number of hydrogen-bond donors (Lipinski definition) is 4. The molecule has 0 bridgehead atoms. The summed E-state index contributed by atoms with van der Waals surface area (Å²) in [5.74, 6) is 1.04. The molecule has 0 saturated carbocycles. The summed E-state index contributed by atoms with van der Waals surface area (Å²) in [6, 6.07) is 16.4. The number of rotatable bonds is 10. The molecule has 4 unspecified atom stereocenters. The zero-order chi connectivity index (χ0) is 44.1. The number of aromatic nitrogens is 4. The zero-order valence-corrected chi connectivity index (χ0v) is 37.1. The van der Waals surface area contributed by atoms with Crippen molar-refractivity contribution in [1.82, 2.24) is 45.3 Å². The highest BCUT2D eigenvalue weighted by Gasteiger charge is 2.66. The van der Waals surface area contributed by atoms with E-state index in [-0.39, 0.29) is 41.3 Å². The minimum atomic E-state index is -0.695. The fraction of sp³-hybridized carbons (Fsp3) is 0.500. The lowest BCUT2D eigenvalue weighted by molar-refractivity contribution is -0.177. The van der Waals surface area contributed by atoms with Gasteiger partial charge in [-0.3, -0.25) is 14.5 Å². The summed E-state index contributed by atoms with van der Waals surface area (Å²) in [4.78, 5) is 75.6. The van der Waals surface area contributed by atoms with Gasteiger partial charge in [-0.05, 0) is 115 Å². The fourth-order valence-electron chi connectivity index (χ4n) is 11.5. The van der Waals surface area contributed by atoms with E-state index in [0.29, 0.717) is 25.2 Å². The van der Waals surface area contributed by atoms with Crippen LogP contribution in [0.3, 0.4) is 0 Å². The number of carbonyl (C=O) groups excluding carboxylic acids is 4. The topological polar surface area (TPSA) is 178 Å². The van der Waals surface area contributed by atoms with Gasteiger partial charge in [0.05, 0.1) is 48.4 Å². The van der Waals surface area contributed by atoms with Gasteiger partial charge in [0.2, 0.25) is 11.8 Å². The quantitative estimate of drug-likeness (QED) is 0.109. The molecule has 15 heteroatoms. The maximum Gasteiger partial charge on any atom is 0.407 e. The van der Waals surface area contributed by atoms with E-state index < -0.39 is 24.3 Å². The molecule has 15 nitrogen and oxygen atoms in total. The van der Waals surface area contributed by atoms with Gasteiger partial charge in [0, 0.05) is 30.7 Å². The molecule has 5 aromatic rings. The molecular formula is C48H57N9O6. The van der Waals surface area contributed by atoms with Crippen LogP contribution >= 0.6 is 0 Å². The van der Waals surface area contributed by atoms with Crippen LogP contribution in [0.4, 0.5) is 9.59 Å². The number of hydrogen-bond acceptors (Lipinski definition) is 9. The van der Waals surface area contributed by atoms with E-state index in [4.69, 9.17) is 19.4 Å². The summed E-state index contributed by atoms with van der Waals surface area (Å²) in [6.45, 7) is 11.3. The number of aromatic amines is 2. The van der Waals surface area contributed by atoms with Crippen LogP contribution in [-0.4, -0.2) is 104 Å². The molecule has 4 amide bonds. The Bertz CT molecular complexity index is 2490. The van der Waals surface area contributed by atoms with Crippen molar-refractivity contribution in [3.8, 4) is 22.3 Å². The first-order chi connectivity index (χ1) is 30.3. The highest BCUT2D eigenvalue weighted by atomic mass is 16.5. The Morgan fingerprint density at radius 1 is 0.667 bits per heavy atom. The molecular weight excluding hydrogens is 799 g/mol. The molecule has 10 rings (SSSR count). The minimum Gasteiger partial charge on any atom is -0.453 e. The zero-order valence-electron chi connectivity index (χ0n) is 37.1. The maximum absolute atomic E-state index is 13.8. The second-order valence-electron chi connectivity index (χ2n) is 19.1. The SMILES string of the molecule is COC(=O)N[C@H](C(=O)N1CCCC1c1nc2ccc(-c3ccc(-c4ccc5nc([C@@H]6CCCN6C(=O)[C@@H](NC(=O)OC)C(C)C)[nH]c5c4)c4c3C3CC5(C)CC4N35)cc2[nH]1)C(C)C. The van der Waals surface area contributed by atoms with E-state index in [0.717, 1.165) is 83.4 Å². The van der Waals surface area contributed by atoms with E-state index in [1.165, 1.54) is 36.5 Å². The lowest BCUT2D eigenvalue weighted by Gasteiger charge is -2.65. The minimum absolute atomic E-state index is 0.111. The molecule has 0 spiro atoms. The van der Waals surface area contributed by atoms with Crippen molar-refractivity contribution >= 4 is 46.1 Å². The molecule has 5 aliphatic rings. The Morgan fingerprint density at radius 3 is 1.48 bits per heavy atom. The molecule has 7 atom stereocenters. The normalized spacial score (nSPS) is 24.6. The predicted molar refractivity (Wildman–Crippen MR) is 237 cm³/mol. The van der Waals surface area contributed by atoms with E-state index in [1.54, 1.807) is 0 Å². The number of amides is 4. The van der Waals surface area contributed by atoms with Crippen molar-refractivity contribution in [2.24, 2.45) is 11.8 Å². The number of benzene rings is 3. The fourth-order valence-corrected chi connectivity index (χ4v) is 11.5. The predicted octanol–water partition coefficient (Wildman–Crippen LogP) is 7.83. The van der Waals surface area contributed by atoms with Crippen LogP contribution in [0.25, 0.3) is 44.3 Å². The molecule has 4 N–H and O–H groups in total. The van der Waals surface area contributed by atoms with Crippen LogP contribution in [0.15, 0.2) is 48.5 Å². The lowest BCUT2D eigenvalue weighted by Crippen LogP contribution is -2.66. The van der Waals surface area contributed by atoms with Crippen LogP contribution in [0.5, 0.6) is 0 Å². The summed E-state index contributed by atoms with van der Waals surface area (Å²) < 4.78 is 9.65. The van der Waals surface area contributed by atoms with Crippen molar-refractivity contribution in [3.63, 3.8) is 0 Å². The van der Waals surface area contributed by atoms with Gasteiger partial charge in [0.15, 0.2) is 0 Å². The van der Waals surface area contributed by atoms with Gasteiger partial charge in [-0.25, -0.2) is 19.6 Å². The average molecular weight is 856 g/mol. The summed E-state index contributed by atoms with van der Waals surface area (Å²) in [5, 5.41) is 5.48. The third-order valence-electron chi connectivity index (χ3n) is 14.6. The largest absolute Gasteiger partial charge is 0.453 e. The highest BCUT2D eigenvalue weighted by Crippen LogP contribution is 2.71. The summed E-state index contributed by atoms with van der Waals surface area (Å²) in [7, 11) is 2.61. The standard InChI is InChI=1S/C48H57N9O6/c1-24(2)40(53-46(60)62-6)44(58)55-18-8-10-34(55)42-49-30-16-12-26(20-32(30)51-42)28-14-15-29(39-37-23-48(5)22-36(38(28)39)57(37)48)27-13-17-31-33(21-27)52-43(50-31)35-11-9-19-56(35)45(59)41(25(3)4)54-47(61)63-7/h12-17,20-21,24-25,34-37,40-41H,8-11,18-19,22-23H2,1-7H3,(H,49,51)(H,50,52)(H,53,60)(H,54,61)/t34-,35?,36?,37?,40-,41-,48?/m0/s1. The Kier molecular flexibility index (Phi) is 10.0. The number of ether oxygens (including phenoxy) is 2. The Labute approximate surface area is 366 Å². The number of methoxy groups -OCH3 is 2. The van der Waals surface area contributed by atoms with Gasteiger partial charge in [0.1, 0.15) is 23.7 Å². The van der Waals surface area contributed by atoms with Gasteiger partial charge in [0.25, 0.3) is 0 Å². The Balaban J connectivity index is 0.953. The van der Waals surface area contributed by atoms with E-state index in [2.05, 4.69) is 81.0 Å². The van der Waals surface area contributed by atoms with Gasteiger partial charge >= 0.3 is 12.2 Å². The Morgan fingerprint density at radius 2 is 1.10 bits per heavy atom. The van der Waals surface area contributed by atoms with Crippen molar-refractivity contribution in [1.29, 1.82) is 0 Å². The number of fused-ring (bicyclic) bond motifs is 5. The van der Waals surface area contributed by atoms with Gasteiger partial charge < -0.3 is 39.9 Å². The molecule has 3 aromatic carbocycles. The summed E-state index contributed by atoms with van der Waals surface area (Å²) in [5.41, 5.74) is 11.3. The molecule has 4 saturated heterocycles. The second-order valence-corrected chi connectivity index (χ2v) is 19.1. The second kappa shape index (κ2) is 15.4. The molecule has 5 aliphatic heterocycles. The third kappa shape index (κ3) is 6.64. The third-order valence-corrected chi connectivity index (χ3v) is 14.6. The van der Waals surface area contributed by atoms with E-state index in [9.17, 15) is 19.2 Å². The van der Waals surface area contributed by atoms with E-state index >= 15 is 0 Å². The van der Waals surface area contributed by atoms with Crippen molar-refractivity contribution in [2.45, 2.75) is 115 Å². The lowest BCUT2D eigenvalue weighted by atomic mass is 9.68. The smallest absolute Gasteiger partial charge is 0.407 e. The van der Waals surface area contributed by atoms with Crippen LogP contribution in [0, 0.1) is 11.8 Å². The van der Waals surface area contributed by atoms with Gasteiger partial charge in [-0.1, -0.05) is 52.0 Å². The van der Waals surface area contributed by atoms with Gasteiger partial charge in [-0.15, -0.1) is 0 Å². The van der Waals surface area contributed by atoms with Crippen LogP contribution in [0.2, 0.25) is 0 Å². The first-order valence-electron chi connectivity index (χ1n) is 22.5. The first-order valence-corrected chi connectivity index (χ1v) is 22.5. The molecule has 0 radical (unpaired) electrons. The summed E-state index contributed by atoms with van der Waals surface area (Å²) in [6.07, 6.45) is 4.29. The van der Waals surface area contributed by atoms with Crippen molar-refractivity contribution in [3.05, 3.63) is 71.3 Å². The highest BCUT2D eigenvalue weighted by molar-refractivity contribution is 5.90. The van der Waals surface area contributed by atoms with Gasteiger partial charge in [-0.2, -0.15) is 0 Å². The average Bonchev–Trinajstić information content (AvgIpc) is 4.11. The molecule has 4 fully saturated rings. The van der Waals surface area contributed by atoms with Crippen LogP contribution < -0.4 is 10.6 Å². The number of carbonyl (C=O) groups is 4. The Hall–Kier alpha value is -5.96. The number of nitrogens with zero attached hydrogens (tertiary/aromatic N) is 5. The van der Waals surface area contributed by atoms with Crippen molar-refractivity contribution in [2.75, 3.05) is 27.3 Å². The maximum atomic E-state index is 13.8. The van der Waals surface area contributed by atoms with E-state index in [1.807, 2.05) is 37.5 Å². The van der Waals surface area contributed by atoms with Crippen LogP contribution in [-0.2, 0) is 19.1 Å². The molecule has 330 valence electrons. The van der Waals surface area contributed by atoms with Crippen LogP contribution in [0.1, 0.15) is 120 Å². The number of nitrogens with one attached hydrogen (secondary N) is 4. The number of likely N-dealkylation sites (tertiary alicyclic amines) is 2. The summed E-state index contributed by atoms with van der Waals surface area (Å²) >= 11 is 0. The number of H-pyrrole nitrogens is 2. The molecule has 2 aromatic heterocycles. The number of alkyl carbamates (subject to hydrolysis) is 2.